The van der Waals surface area contributed by atoms with Crippen LogP contribution in [0.25, 0.3) is 11.0 Å². The number of hydrogen-bond acceptors (Lipinski definition) is 4. The number of fused-ring (bicyclic) bond motifs is 1. The third kappa shape index (κ3) is 3.48. The zero-order chi connectivity index (χ0) is 14.5. The second-order valence-corrected chi connectivity index (χ2v) is 5.39. The molecule has 0 aliphatic heterocycles. The quantitative estimate of drug-likeness (QED) is 0.607. The van der Waals surface area contributed by atoms with Gasteiger partial charge in [0, 0.05) is 23.5 Å². The minimum Gasteiger partial charge on any atom is -0.462 e. The van der Waals surface area contributed by atoms with Crippen molar-refractivity contribution in [2.75, 3.05) is 6.61 Å². The molecule has 1 unspecified atom stereocenters. The molecule has 0 fully saturated rings. The van der Waals surface area contributed by atoms with Crippen LogP contribution in [0.1, 0.15) is 37.0 Å². The first-order chi connectivity index (χ1) is 9.61. The third-order valence-electron chi connectivity index (χ3n) is 2.96. The molecule has 2 rings (SSSR count). The van der Waals surface area contributed by atoms with Gasteiger partial charge in [0.15, 0.2) is 5.65 Å². The van der Waals surface area contributed by atoms with Gasteiger partial charge in [0.05, 0.1) is 18.4 Å². The molecule has 1 atom stereocenters. The zero-order valence-corrected chi connectivity index (χ0v) is 12.4. The molecule has 0 amide bonds. The Kier molecular flexibility index (Phi) is 4.95. The molecule has 0 saturated heterocycles. The van der Waals surface area contributed by atoms with E-state index in [2.05, 4.69) is 10.1 Å². The van der Waals surface area contributed by atoms with E-state index in [1.54, 1.807) is 19.2 Å². The Hall–Kier alpha value is -1.62. The van der Waals surface area contributed by atoms with Crippen molar-refractivity contribution in [3.63, 3.8) is 0 Å². The predicted molar refractivity (Wildman–Crippen MR) is 78.0 cm³/mol. The molecule has 20 heavy (non-hydrogen) atoms. The fraction of sp³-hybridized carbons (Fsp3) is 0.500. The molecule has 0 spiro atoms. The van der Waals surface area contributed by atoms with Gasteiger partial charge in [-0.3, -0.25) is 0 Å². The molecule has 2 aromatic rings. The van der Waals surface area contributed by atoms with Crippen molar-refractivity contribution in [3.8, 4) is 0 Å². The first kappa shape index (κ1) is 14.8. The number of alkyl halides is 1. The van der Waals surface area contributed by atoms with E-state index in [4.69, 9.17) is 16.3 Å². The van der Waals surface area contributed by atoms with Crippen LogP contribution in [-0.4, -0.2) is 32.7 Å². The van der Waals surface area contributed by atoms with Crippen molar-refractivity contribution in [1.29, 1.82) is 0 Å². The van der Waals surface area contributed by atoms with Crippen molar-refractivity contribution in [3.05, 3.63) is 24.0 Å². The van der Waals surface area contributed by atoms with Gasteiger partial charge in [-0.05, 0) is 32.8 Å². The minimum atomic E-state index is -0.356. The van der Waals surface area contributed by atoms with Crippen molar-refractivity contribution in [1.82, 2.24) is 14.8 Å². The maximum absolute atomic E-state index is 11.6. The van der Waals surface area contributed by atoms with Crippen molar-refractivity contribution in [2.24, 2.45) is 0 Å². The maximum atomic E-state index is 11.6. The number of hydrogen-bond donors (Lipinski definition) is 0. The van der Waals surface area contributed by atoms with Gasteiger partial charge in [0.2, 0.25) is 0 Å². The third-order valence-corrected chi connectivity index (χ3v) is 3.18. The van der Waals surface area contributed by atoms with E-state index in [0.29, 0.717) is 12.2 Å². The monoisotopic (exact) mass is 295 g/mol. The molecule has 6 heteroatoms. The summed E-state index contributed by atoms with van der Waals surface area (Å²) in [6, 6.07) is 1.76. The fourth-order valence-electron chi connectivity index (χ4n) is 1.98. The molecule has 0 saturated carbocycles. The van der Waals surface area contributed by atoms with Gasteiger partial charge < -0.3 is 4.74 Å². The zero-order valence-electron chi connectivity index (χ0n) is 11.7. The van der Waals surface area contributed by atoms with Gasteiger partial charge in [-0.15, -0.1) is 11.6 Å². The largest absolute Gasteiger partial charge is 0.462 e. The lowest BCUT2D eigenvalue weighted by Gasteiger charge is -2.05. The SMILES string of the molecule is CCOC(=O)c1cnc2c(cnn2CCCC(C)Cl)c1. The number of ether oxygens (including phenoxy) is 1. The number of nitrogens with zero attached hydrogens (tertiary/aromatic N) is 3. The highest BCUT2D eigenvalue weighted by Gasteiger charge is 2.11. The molecule has 0 bridgehead atoms. The van der Waals surface area contributed by atoms with E-state index in [9.17, 15) is 4.79 Å². The average Bonchev–Trinajstić information content (AvgIpc) is 2.81. The Morgan fingerprint density at radius 2 is 2.30 bits per heavy atom. The first-order valence-electron chi connectivity index (χ1n) is 6.74. The molecule has 108 valence electrons. The summed E-state index contributed by atoms with van der Waals surface area (Å²) in [5, 5.41) is 5.31. The summed E-state index contributed by atoms with van der Waals surface area (Å²) in [7, 11) is 0. The molecule has 0 aromatic carbocycles. The molecule has 0 radical (unpaired) electrons. The van der Waals surface area contributed by atoms with E-state index < -0.39 is 0 Å². The lowest BCUT2D eigenvalue weighted by atomic mass is 10.2. The topological polar surface area (TPSA) is 57.0 Å². The molecule has 5 nitrogen and oxygen atoms in total. The van der Waals surface area contributed by atoms with Crippen molar-refractivity contribution in [2.45, 2.75) is 38.6 Å². The van der Waals surface area contributed by atoms with Crippen LogP contribution in [0.15, 0.2) is 18.5 Å². The second-order valence-electron chi connectivity index (χ2n) is 4.65. The molecule has 2 aromatic heterocycles. The number of carbonyl (C=O) groups is 1. The van der Waals surface area contributed by atoms with Gasteiger partial charge in [-0.25, -0.2) is 14.5 Å². The summed E-state index contributed by atoms with van der Waals surface area (Å²) < 4.78 is 6.79. The van der Waals surface area contributed by atoms with E-state index in [1.807, 2.05) is 11.6 Å². The number of esters is 1. The van der Waals surface area contributed by atoms with E-state index in [-0.39, 0.29) is 11.3 Å². The Morgan fingerprint density at radius 3 is 3.00 bits per heavy atom. The summed E-state index contributed by atoms with van der Waals surface area (Å²) in [4.78, 5) is 15.9. The minimum absolute atomic E-state index is 0.167. The van der Waals surface area contributed by atoms with Crippen LogP contribution in [0, 0.1) is 0 Å². The standard InChI is InChI=1S/C14H18ClN3O2/c1-3-20-14(19)12-7-11-9-17-18(13(11)16-8-12)6-4-5-10(2)15/h7-10H,3-6H2,1-2H3. The number of rotatable bonds is 6. The van der Waals surface area contributed by atoms with Gasteiger partial charge in [0.1, 0.15) is 0 Å². The number of aryl methyl sites for hydroxylation is 1. The van der Waals surface area contributed by atoms with Gasteiger partial charge in [-0.2, -0.15) is 5.10 Å². The summed E-state index contributed by atoms with van der Waals surface area (Å²) >= 11 is 5.92. The number of pyridine rings is 1. The van der Waals surface area contributed by atoms with Gasteiger partial charge >= 0.3 is 5.97 Å². The number of carbonyl (C=O) groups excluding carboxylic acids is 1. The summed E-state index contributed by atoms with van der Waals surface area (Å²) in [5.41, 5.74) is 1.23. The molecule has 0 N–H and O–H groups in total. The highest BCUT2D eigenvalue weighted by Crippen LogP contribution is 2.15. The molecular weight excluding hydrogens is 278 g/mol. The second kappa shape index (κ2) is 6.70. The summed E-state index contributed by atoms with van der Waals surface area (Å²) in [6.07, 6.45) is 5.13. The van der Waals surface area contributed by atoms with Crippen LogP contribution in [0.3, 0.4) is 0 Å². The van der Waals surface area contributed by atoms with Crippen LogP contribution in [0.4, 0.5) is 0 Å². The highest BCUT2D eigenvalue weighted by molar-refractivity contribution is 6.20. The Labute approximate surface area is 122 Å². The Morgan fingerprint density at radius 1 is 1.50 bits per heavy atom. The van der Waals surface area contributed by atoms with E-state index >= 15 is 0 Å². The Bertz CT molecular complexity index is 595. The van der Waals surface area contributed by atoms with Crippen LogP contribution in [0.5, 0.6) is 0 Å². The Balaban J connectivity index is 2.14. The van der Waals surface area contributed by atoms with Crippen molar-refractivity contribution >= 4 is 28.6 Å². The van der Waals surface area contributed by atoms with Crippen LogP contribution >= 0.6 is 11.6 Å². The molecular formula is C14H18ClN3O2. The van der Waals surface area contributed by atoms with Crippen LogP contribution < -0.4 is 0 Å². The smallest absolute Gasteiger partial charge is 0.339 e. The molecule has 2 heterocycles. The maximum Gasteiger partial charge on any atom is 0.339 e. The van der Waals surface area contributed by atoms with E-state index in [1.165, 1.54) is 6.20 Å². The first-order valence-corrected chi connectivity index (χ1v) is 7.18. The van der Waals surface area contributed by atoms with Gasteiger partial charge in [-0.1, -0.05) is 0 Å². The van der Waals surface area contributed by atoms with Crippen LogP contribution in [0.2, 0.25) is 0 Å². The van der Waals surface area contributed by atoms with Crippen molar-refractivity contribution < 1.29 is 9.53 Å². The normalized spacial score (nSPS) is 12.6. The molecule has 0 aliphatic rings. The fourth-order valence-corrected chi connectivity index (χ4v) is 2.14. The lowest BCUT2D eigenvalue weighted by Crippen LogP contribution is -2.06. The summed E-state index contributed by atoms with van der Waals surface area (Å²) in [5.74, 6) is -0.356. The van der Waals surface area contributed by atoms with E-state index in [0.717, 1.165) is 30.4 Å². The predicted octanol–water partition coefficient (Wildman–Crippen LogP) is 3.02. The van der Waals surface area contributed by atoms with Crippen LogP contribution in [-0.2, 0) is 11.3 Å². The number of aromatic nitrogens is 3. The summed E-state index contributed by atoms with van der Waals surface area (Å²) in [6.45, 7) is 4.88. The molecule has 0 aliphatic carbocycles. The number of halogens is 1. The highest BCUT2D eigenvalue weighted by atomic mass is 35.5. The van der Waals surface area contributed by atoms with Gasteiger partial charge in [0.25, 0.3) is 0 Å². The average molecular weight is 296 g/mol. The lowest BCUT2D eigenvalue weighted by molar-refractivity contribution is 0.0526.